The molecule has 174 valence electrons. The molecular weight excluding hydrogens is 428 g/mol. The second-order valence-electron chi connectivity index (χ2n) is 7.45. The molecule has 2 aromatic rings. The van der Waals surface area contributed by atoms with Gasteiger partial charge >= 0.3 is 18.0 Å². The van der Waals surface area contributed by atoms with E-state index in [0.717, 1.165) is 0 Å². The van der Waals surface area contributed by atoms with Crippen LogP contribution in [0.2, 0.25) is 0 Å². The van der Waals surface area contributed by atoms with Gasteiger partial charge in [-0.05, 0) is 47.5 Å². The number of ether oxygens (including phenoxy) is 3. The Labute approximate surface area is 191 Å². The molecular formula is C23H26N4O6. The molecule has 1 aliphatic heterocycles. The van der Waals surface area contributed by atoms with Gasteiger partial charge in [-0.15, -0.1) is 0 Å². The molecule has 1 saturated heterocycles. The van der Waals surface area contributed by atoms with Crippen molar-refractivity contribution in [2.75, 3.05) is 37.5 Å². The number of amidine groups is 1. The number of nitrogens with zero attached hydrogens (tertiary/aromatic N) is 1. The van der Waals surface area contributed by atoms with Crippen molar-refractivity contribution in [3.05, 3.63) is 59.2 Å². The average molecular weight is 454 g/mol. The minimum Gasteiger partial charge on any atom is -0.469 e. The zero-order valence-corrected chi connectivity index (χ0v) is 18.4. The average Bonchev–Trinajstić information content (AvgIpc) is 3.19. The normalized spacial score (nSPS) is 15.0. The van der Waals surface area contributed by atoms with Crippen LogP contribution in [-0.2, 0) is 36.6 Å². The molecule has 0 bridgehead atoms. The van der Waals surface area contributed by atoms with E-state index in [0.29, 0.717) is 41.2 Å². The Balaban J connectivity index is 1.65. The van der Waals surface area contributed by atoms with Crippen molar-refractivity contribution in [2.45, 2.75) is 18.9 Å². The van der Waals surface area contributed by atoms with Gasteiger partial charge in [0.25, 0.3) is 0 Å². The molecule has 0 aliphatic carbocycles. The summed E-state index contributed by atoms with van der Waals surface area (Å²) in [6.45, 7) is 0.697. The van der Waals surface area contributed by atoms with Gasteiger partial charge in [-0.1, -0.05) is 6.07 Å². The fraction of sp³-hybridized carbons (Fsp3) is 0.304. The van der Waals surface area contributed by atoms with Crippen LogP contribution in [0, 0.1) is 5.41 Å². The molecule has 1 heterocycles. The summed E-state index contributed by atoms with van der Waals surface area (Å²) in [7, 11) is 2.61. The maximum atomic E-state index is 12.3. The Morgan fingerprint density at radius 3 is 2.33 bits per heavy atom. The molecule has 4 N–H and O–H groups in total. The lowest BCUT2D eigenvalue weighted by molar-refractivity contribution is -0.141. The van der Waals surface area contributed by atoms with Crippen molar-refractivity contribution in [3.63, 3.8) is 0 Å². The van der Waals surface area contributed by atoms with Crippen molar-refractivity contribution >= 4 is 35.2 Å². The summed E-state index contributed by atoms with van der Waals surface area (Å²) in [6, 6.07) is 12.1. The minimum atomic E-state index is -0.461. The number of carbonyl (C=O) groups excluding carboxylic acids is 3. The second-order valence-corrected chi connectivity index (χ2v) is 7.45. The van der Waals surface area contributed by atoms with E-state index in [1.807, 2.05) is 0 Å². The number of hydrogen-bond acceptors (Lipinski definition) is 8. The molecule has 0 spiro atoms. The standard InChI is InChI=1S/C23H26N4O6/c1-31-20(28)10-15-3-6-17(9-16(15)11-21(29)32-2)26-12-19-13-27(23(30)33-19)18-7-4-14(5-8-18)22(24)25/h3-9,19,26H,10-13H2,1-2H3,(H3,24,25). The first kappa shape index (κ1) is 23.6. The number of nitrogen functional groups attached to an aromatic ring is 1. The molecule has 1 unspecified atom stereocenters. The molecule has 1 atom stereocenters. The van der Waals surface area contributed by atoms with E-state index in [1.165, 1.54) is 19.1 Å². The summed E-state index contributed by atoms with van der Waals surface area (Å²) >= 11 is 0. The third-order valence-corrected chi connectivity index (χ3v) is 5.23. The van der Waals surface area contributed by atoms with Crippen LogP contribution >= 0.6 is 0 Å². The van der Waals surface area contributed by atoms with Crippen LogP contribution in [0.4, 0.5) is 16.2 Å². The number of nitrogens with one attached hydrogen (secondary N) is 2. The Kier molecular flexibility index (Phi) is 7.50. The Morgan fingerprint density at radius 1 is 1.09 bits per heavy atom. The van der Waals surface area contributed by atoms with Crippen LogP contribution in [0.1, 0.15) is 16.7 Å². The van der Waals surface area contributed by atoms with Crippen LogP contribution in [0.15, 0.2) is 42.5 Å². The van der Waals surface area contributed by atoms with Crippen molar-refractivity contribution < 1.29 is 28.6 Å². The molecule has 1 fully saturated rings. The van der Waals surface area contributed by atoms with Gasteiger partial charge in [-0.3, -0.25) is 19.9 Å². The van der Waals surface area contributed by atoms with Gasteiger partial charge in [0.15, 0.2) is 0 Å². The van der Waals surface area contributed by atoms with Crippen molar-refractivity contribution in [3.8, 4) is 0 Å². The topological polar surface area (TPSA) is 144 Å². The number of nitrogens with two attached hydrogens (primary N) is 1. The highest BCUT2D eigenvalue weighted by Crippen LogP contribution is 2.23. The molecule has 10 heteroatoms. The summed E-state index contributed by atoms with van der Waals surface area (Å²) in [5.41, 5.74) is 8.72. The quantitative estimate of drug-likeness (QED) is 0.225. The molecule has 33 heavy (non-hydrogen) atoms. The lowest BCUT2D eigenvalue weighted by Gasteiger charge is -2.15. The van der Waals surface area contributed by atoms with Gasteiger partial charge in [0.05, 0.1) is 40.2 Å². The van der Waals surface area contributed by atoms with Crippen LogP contribution < -0.4 is 16.0 Å². The summed E-state index contributed by atoms with van der Waals surface area (Å²) < 4.78 is 14.9. The number of methoxy groups -OCH3 is 2. The zero-order valence-electron chi connectivity index (χ0n) is 18.4. The first-order valence-electron chi connectivity index (χ1n) is 10.2. The molecule has 0 radical (unpaired) electrons. The molecule has 10 nitrogen and oxygen atoms in total. The first-order chi connectivity index (χ1) is 15.8. The number of rotatable bonds is 9. The first-order valence-corrected chi connectivity index (χ1v) is 10.2. The zero-order chi connectivity index (χ0) is 24.0. The summed E-state index contributed by atoms with van der Waals surface area (Å²) in [5.74, 6) is -0.873. The molecule has 0 saturated carbocycles. The highest BCUT2D eigenvalue weighted by molar-refractivity contribution is 5.96. The third kappa shape index (κ3) is 6.00. The number of carbonyl (C=O) groups is 3. The van der Waals surface area contributed by atoms with Gasteiger partial charge < -0.3 is 25.3 Å². The summed E-state index contributed by atoms with van der Waals surface area (Å²) in [4.78, 5) is 37.3. The number of amides is 1. The number of benzene rings is 2. The molecule has 0 aromatic heterocycles. The second kappa shape index (κ2) is 10.5. The predicted molar refractivity (Wildman–Crippen MR) is 121 cm³/mol. The smallest absolute Gasteiger partial charge is 0.414 e. The van der Waals surface area contributed by atoms with Crippen LogP contribution in [0.25, 0.3) is 0 Å². The van der Waals surface area contributed by atoms with Gasteiger partial charge in [0, 0.05) is 16.9 Å². The SMILES string of the molecule is COC(=O)Cc1ccc(NCC2CN(c3ccc(C(=N)N)cc3)C(=O)O2)cc1CC(=O)OC. The fourth-order valence-electron chi connectivity index (χ4n) is 3.42. The Bertz CT molecular complexity index is 1050. The highest BCUT2D eigenvalue weighted by atomic mass is 16.6. The van der Waals surface area contributed by atoms with E-state index in [1.54, 1.807) is 42.5 Å². The lowest BCUT2D eigenvalue weighted by atomic mass is 10.0. The summed E-state index contributed by atoms with van der Waals surface area (Å²) in [6.07, 6.45) is -0.803. The minimum absolute atomic E-state index is 0.0147. The van der Waals surface area contributed by atoms with Gasteiger partial charge in [-0.25, -0.2) is 4.79 Å². The number of esters is 2. The summed E-state index contributed by atoms with van der Waals surface area (Å²) in [5, 5.41) is 10.7. The van der Waals surface area contributed by atoms with Crippen LogP contribution in [0.5, 0.6) is 0 Å². The van der Waals surface area contributed by atoms with E-state index in [4.69, 9.17) is 25.4 Å². The monoisotopic (exact) mass is 454 g/mol. The van der Waals surface area contributed by atoms with Gasteiger partial charge in [-0.2, -0.15) is 0 Å². The van der Waals surface area contributed by atoms with E-state index in [9.17, 15) is 14.4 Å². The lowest BCUT2D eigenvalue weighted by Crippen LogP contribution is -2.27. The fourth-order valence-corrected chi connectivity index (χ4v) is 3.42. The maximum Gasteiger partial charge on any atom is 0.414 e. The Morgan fingerprint density at radius 2 is 1.73 bits per heavy atom. The molecule has 3 rings (SSSR count). The maximum absolute atomic E-state index is 12.3. The molecule has 1 aliphatic rings. The van der Waals surface area contributed by atoms with Gasteiger partial charge in [0.1, 0.15) is 11.9 Å². The third-order valence-electron chi connectivity index (χ3n) is 5.23. The predicted octanol–water partition coefficient (Wildman–Crippen LogP) is 1.84. The van der Waals surface area contributed by atoms with E-state index in [2.05, 4.69) is 5.32 Å². The van der Waals surface area contributed by atoms with E-state index in [-0.39, 0.29) is 18.7 Å². The van der Waals surface area contributed by atoms with Crippen LogP contribution in [0.3, 0.4) is 0 Å². The number of cyclic esters (lactones) is 1. The van der Waals surface area contributed by atoms with Crippen LogP contribution in [-0.4, -0.2) is 57.3 Å². The number of hydrogen-bond donors (Lipinski definition) is 3. The van der Waals surface area contributed by atoms with Crippen molar-refractivity contribution in [2.24, 2.45) is 5.73 Å². The van der Waals surface area contributed by atoms with Crippen molar-refractivity contribution in [1.82, 2.24) is 0 Å². The van der Waals surface area contributed by atoms with E-state index >= 15 is 0 Å². The number of anilines is 2. The molecule has 2 aromatic carbocycles. The molecule has 1 amide bonds. The Hall–Kier alpha value is -4.08. The van der Waals surface area contributed by atoms with Gasteiger partial charge in [0.2, 0.25) is 0 Å². The van der Waals surface area contributed by atoms with E-state index < -0.39 is 24.1 Å². The highest BCUT2D eigenvalue weighted by Gasteiger charge is 2.32. The largest absolute Gasteiger partial charge is 0.469 e. The van der Waals surface area contributed by atoms with Crippen molar-refractivity contribution in [1.29, 1.82) is 5.41 Å².